The first-order valence-corrected chi connectivity index (χ1v) is 1.91. The van der Waals surface area contributed by atoms with Gasteiger partial charge in [-0.15, -0.1) is 0 Å². The Morgan fingerprint density at radius 3 is 1.78 bits per heavy atom. The third-order valence-electron chi connectivity index (χ3n) is 0.549. The fraction of sp³-hybridized carbons (Fsp3) is 0.250. The van der Waals surface area contributed by atoms with Crippen molar-refractivity contribution in [2.75, 3.05) is 0 Å². The lowest BCUT2D eigenvalue weighted by Gasteiger charge is -2.01. The molecule has 0 heterocycles. The average Bonchev–Trinajstić information content (AvgIpc) is 1.62. The number of allylic oxidation sites excluding steroid dienone is 1. The number of halogens is 3. The van der Waals surface area contributed by atoms with Gasteiger partial charge in [0.15, 0.2) is 0 Å². The summed E-state index contributed by atoms with van der Waals surface area (Å²) >= 11 is 0. The Morgan fingerprint density at radius 2 is 1.78 bits per heavy atom. The minimum Gasteiger partial charge on any atom is -0.396 e. The van der Waals surface area contributed by atoms with Crippen LogP contribution in [0.15, 0.2) is 12.3 Å². The molecular weight excluding hydrogens is 135 g/mol. The lowest BCUT2D eigenvalue weighted by atomic mass is 10.3. The van der Waals surface area contributed by atoms with Gasteiger partial charge in [-0.1, -0.05) is 6.58 Å². The van der Waals surface area contributed by atoms with Gasteiger partial charge in [0.05, 0.1) is 5.70 Å². The fourth-order valence-electron chi connectivity index (χ4n) is 0.182. The molecule has 52 valence electrons. The van der Waals surface area contributed by atoms with E-state index in [0.717, 1.165) is 0 Å². The summed E-state index contributed by atoms with van der Waals surface area (Å²) in [5.74, 6) is -2.08. The van der Waals surface area contributed by atoms with Crippen LogP contribution in [-0.2, 0) is 4.79 Å². The molecule has 9 heavy (non-hydrogen) atoms. The van der Waals surface area contributed by atoms with Crippen molar-refractivity contribution < 1.29 is 18.0 Å². The third-order valence-corrected chi connectivity index (χ3v) is 0.549. The SMILES string of the molecule is C=C(N)C(=O)C(F)(F)F. The van der Waals surface area contributed by atoms with Crippen LogP contribution in [0.4, 0.5) is 13.2 Å². The van der Waals surface area contributed by atoms with Crippen molar-refractivity contribution in [3.05, 3.63) is 12.3 Å². The second-order valence-corrected chi connectivity index (χ2v) is 1.35. The highest BCUT2D eigenvalue weighted by atomic mass is 19.4. The van der Waals surface area contributed by atoms with Crippen LogP contribution >= 0.6 is 0 Å². The molecule has 0 fully saturated rings. The molecule has 0 radical (unpaired) electrons. The maximum absolute atomic E-state index is 11.2. The number of carbonyl (C=O) groups is 1. The predicted octanol–water partition coefficient (Wildman–Crippen LogP) is 0.590. The van der Waals surface area contributed by atoms with E-state index in [4.69, 9.17) is 0 Å². The number of ketones is 1. The highest BCUT2D eigenvalue weighted by Crippen LogP contribution is 2.17. The number of hydrogen-bond donors (Lipinski definition) is 1. The largest absolute Gasteiger partial charge is 0.456 e. The van der Waals surface area contributed by atoms with E-state index in [1.807, 2.05) is 0 Å². The molecule has 0 bridgehead atoms. The van der Waals surface area contributed by atoms with Crippen LogP contribution in [0.1, 0.15) is 0 Å². The number of rotatable bonds is 1. The van der Waals surface area contributed by atoms with Crippen molar-refractivity contribution in [1.82, 2.24) is 0 Å². The molecule has 0 aliphatic heterocycles. The monoisotopic (exact) mass is 139 g/mol. The van der Waals surface area contributed by atoms with Gasteiger partial charge in [-0.2, -0.15) is 13.2 Å². The molecule has 0 saturated heterocycles. The Bertz CT molecular complexity index is 148. The highest BCUT2D eigenvalue weighted by molar-refractivity contribution is 5.98. The van der Waals surface area contributed by atoms with Crippen LogP contribution in [0.5, 0.6) is 0 Å². The Hall–Kier alpha value is -1.00. The van der Waals surface area contributed by atoms with E-state index in [0.29, 0.717) is 0 Å². The number of carbonyl (C=O) groups excluding carboxylic acids is 1. The molecular formula is C4H4F3NO. The second kappa shape index (κ2) is 2.08. The van der Waals surface area contributed by atoms with Crippen LogP contribution in [-0.4, -0.2) is 12.0 Å². The van der Waals surface area contributed by atoms with E-state index >= 15 is 0 Å². The van der Waals surface area contributed by atoms with Gasteiger partial charge in [0, 0.05) is 0 Å². The zero-order valence-electron chi connectivity index (χ0n) is 4.33. The average molecular weight is 139 g/mol. The smallest absolute Gasteiger partial charge is 0.396 e. The molecule has 0 aromatic carbocycles. The van der Waals surface area contributed by atoms with E-state index in [1.165, 1.54) is 0 Å². The van der Waals surface area contributed by atoms with Crippen LogP contribution in [0.25, 0.3) is 0 Å². The molecule has 0 atom stereocenters. The van der Waals surface area contributed by atoms with Crippen molar-refractivity contribution in [2.24, 2.45) is 5.73 Å². The Balaban J connectivity index is 4.23. The van der Waals surface area contributed by atoms with Gasteiger partial charge in [-0.05, 0) is 0 Å². The van der Waals surface area contributed by atoms with E-state index in [9.17, 15) is 18.0 Å². The summed E-state index contributed by atoms with van der Waals surface area (Å²) in [6, 6.07) is 0. The Labute approximate surface area is 49.1 Å². The number of hydrogen-bond acceptors (Lipinski definition) is 2. The van der Waals surface area contributed by atoms with Gasteiger partial charge >= 0.3 is 6.18 Å². The van der Waals surface area contributed by atoms with Crippen LogP contribution in [0, 0.1) is 0 Å². The molecule has 0 saturated carbocycles. The van der Waals surface area contributed by atoms with Gasteiger partial charge in [0.2, 0.25) is 0 Å². The molecule has 0 unspecified atom stereocenters. The van der Waals surface area contributed by atoms with Crippen molar-refractivity contribution in [1.29, 1.82) is 0 Å². The molecule has 0 amide bonds. The van der Waals surface area contributed by atoms with E-state index in [-0.39, 0.29) is 0 Å². The quantitative estimate of drug-likeness (QED) is 0.540. The molecule has 5 heteroatoms. The fourth-order valence-corrected chi connectivity index (χ4v) is 0.182. The predicted molar refractivity (Wildman–Crippen MR) is 24.4 cm³/mol. The summed E-state index contributed by atoms with van der Waals surface area (Å²) in [6.45, 7) is 2.63. The number of alkyl halides is 3. The summed E-state index contributed by atoms with van der Waals surface area (Å²) in [7, 11) is 0. The molecule has 0 rings (SSSR count). The lowest BCUT2D eigenvalue weighted by Crippen LogP contribution is -2.27. The lowest BCUT2D eigenvalue weighted by molar-refractivity contribution is -0.166. The first-order chi connectivity index (χ1) is 3.85. The summed E-state index contributed by atoms with van der Waals surface area (Å²) in [5, 5.41) is 0. The van der Waals surface area contributed by atoms with Gasteiger partial charge in [-0.3, -0.25) is 4.79 Å². The minimum absolute atomic E-state index is 0.984. The van der Waals surface area contributed by atoms with Crippen molar-refractivity contribution in [3.63, 3.8) is 0 Å². The van der Waals surface area contributed by atoms with E-state index < -0.39 is 17.7 Å². The summed E-state index contributed by atoms with van der Waals surface area (Å²) in [6.07, 6.45) is -4.88. The molecule has 0 spiro atoms. The van der Waals surface area contributed by atoms with Crippen LogP contribution < -0.4 is 5.73 Å². The zero-order chi connectivity index (χ0) is 7.65. The molecule has 0 aromatic heterocycles. The first-order valence-electron chi connectivity index (χ1n) is 1.91. The summed E-state index contributed by atoms with van der Waals surface area (Å²) in [4.78, 5) is 9.81. The first kappa shape index (κ1) is 8.00. The van der Waals surface area contributed by atoms with Crippen molar-refractivity contribution in [3.8, 4) is 0 Å². The second-order valence-electron chi connectivity index (χ2n) is 1.35. The number of Topliss-reactive ketones (excluding diaryl/α,β-unsaturated/α-hetero) is 1. The van der Waals surface area contributed by atoms with Gasteiger partial charge < -0.3 is 5.73 Å². The molecule has 2 N–H and O–H groups in total. The van der Waals surface area contributed by atoms with E-state index in [1.54, 1.807) is 0 Å². The van der Waals surface area contributed by atoms with Gasteiger partial charge in [0.25, 0.3) is 5.78 Å². The highest BCUT2D eigenvalue weighted by Gasteiger charge is 2.39. The Kier molecular flexibility index (Phi) is 1.85. The molecule has 0 aliphatic carbocycles. The van der Waals surface area contributed by atoms with Crippen molar-refractivity contribution in [2.45, 2.75) is 6.18 Å². The normalized spacial score (nSPS) is 11.0. The van der Waals surface area contributed by atoms with Gasteiger partial charge in [0.1, 0.15) is 0 Å². The molecule has 0 aliphatic rings. The van der Waals surface area contributed by atoms with Crippen LogP contribution in [0.3, 0.4) is 0 Å². The topological polar surface area (TPSA) is 43.1 Å². The standard InChI is InChI=1S/C4H4F3NO/c1-2(8)3(9)4(5,6)7/h1,8H2. The van der Waals surface area contributed by atoms with Gasteiger partial charge in [-0.25, -0.2) is 0 Å². The third kappa shape index (κ3) is 2.16. The molecule has 0 aromatic rings. The minimum atomic E-state index is -4.88. The molecule has 2 nitrogen and oxygen atoms in total. The zero-order valence-corrected chi connectivity index (χ0v) is 4.33. The van der Waals surface area contributed by atoms with E-state index in [2.05, 4.69) is 12.3 Å². The number of nitrogens with two attached hydrogens (primary N) is 1. The maximum atomic E-state index is 11.2. The van der Waals surface area contributed by atoms with Crippen LogP contribution in [0.2, 0.25) is 0 Å². The summed E-state index contributed by atoms with van der Waals surface area (Å²) < 4.78 is 33.6. The van der Waals surface area contributed by atoms with Crippen molar-refractivity contribution >= 4 is 5.78 Å². The summed E-state index contributed by atoms with van der Waals surface area (Å²) in [5.41, 5.74) is 3.47. The Morgan fingerprint density at radius 1 is 1.44 bits per heavy atom. The maximum Gasteiger partial charge on any atom is 0.456 e.